The van der Waals surface area contributed by atoms with Crippen molar-refractivity contribution in [2.24, 2.45) is 0 Å². The fourth-order valence-electron chi connectivity index (χ4n) is 1.61. The highest BCUT2D eigenvalue weighted by molar-refractivity contribution is 9.10. The van der Waals surface area contributed by atoms with E-state index in [9.17, 15) is 18.3 Å². The average molecular weight is 350 g/mol. The van der Waals surface area contributed by atoms with E-state index in [2.05, 4.69) is 31.2 Å². The smallest absolute Gasteiger partial charge is 0.392 e. The Hall–Kier alpha value is -1.41. The zero-order valence-electron chi connectivity index (χ0n) is 10.4. The minimum Gasteiger partial charge on any atom is -0.392 e. The van der Waals surface area contributed by atoms with Crippen LogP contribution in [0.5, 0.6) is 0 Å². The third kappa shape index (κ3) is 3.37. The van der Waals surface area contributed by atoms with E-state index in [1.165, 1.54) is 13.0 Å². The Balaban J connectivity index is 2.57. The normalized spacial score (nSPS) is 13.5. The van der Waals surface area contributed by atoms with Gasteiger partial charge in [-0.05, 0) is 25.1 Å². The number of benzene rings is 1. The van der Waals surface area contributed by atoms with Crippen LogP contribution < -0.4 is 5.32 Å². The van der Waals surface area contributed by atoms with Gasteiger partial charge in [0.05, 0.1) is 11.6 Å². The fraction of sp³-hybridized carbons (Fsp3) is 0.333. The van der Waals surface area contributed by atoms with Gasteiger partial charge in [-0.15, -0.1) is 0 Å². The van der Waals surface area contributed by atoms with E-state index in [1.807, 2.05) is 0 Å². The summed E-state index contributed by atoms with van der Waals surface area (Å²) in [5, 5.41) is 12.4. The van der Waals surface area contributed by atoms with Crippen LogP contribution in [0.25, 0.3) is 10.9 Å². The van der Waals surface area contributed by atoms with Gasteiger partial charge in [0.1, 0.15) is 5.82 Å². The van der Waals surface area contributed by atoms with Crippen LogP contribution in [0, 0.1) is 0 Å². The maximum atomic E-state index is 12.8. The van der Waals surface area contributed by atoms with Crippen molar-refractivity contribution in [3.63, 3.8) is 0 Å². The van der Waals surface area contributed by atoms with E-state index in [0.29, 0.717) is 9.86 Å². The molecule has 0 bridgehead atoms. The first-order valence-corrected chi connectivity index (χ1v) is 6.53. The van der Waals surface area contributed by atoms with Gasteiger partial charge in [0.25, 0.3) is 0 Å². The first-order valence-electron chi connectivity index (χ1n) is 5.74. The maximum absolute atomic E-state index is 12.8. The molecule has 0 amide bonds. The lowest BCUT2D eigenvalue weighted by Crippen LogP contribution is -2.18. The third-order valence-electron chi connectivity index (χ3n) is 2.48. The number of aromatic nitrogens is 2. The number of anilines is 1. The largest absolute Gasteiger partial charge is 0.451 e. The molecule has 8 heteroatoms. The molecule has 1 aromatic carbocycles. The van der Waals surface area contributed by atoms with E-state index in [4.69, 9.17) is 0 Å². The number of nitrogens with one attached hydrogen (secondary N) is 1. The highest BCUT2D eigenvalue weighted by Gasteiger charge is 2.35. The van der Waals surface area contributed by atoms with Gasteiger partial charge in [0, 0.05) is 16.4 Å². The van der Waals surface area contributed by atoms with E-state index < -0.39 is 18.1 Å². The Labute approximate surface area is 121 Å². The van der Waals surface area contributed by atoms with Crippen molar-refractivity contribution in [3.8, 4) is 0 Å². The lowest BCUT2D eigenvalue weighted by molar-refractivity contribution is -0.144. The molecule has 0 aliphatic rings. The summed E-state index contributed by atoms with van der Waals surface area (Å²) in [5.74, 6) is -1.16. The highest BCUT2D eigenvalue weighted by Crippen LogP contribution is 2.31. The molecule has 0 saturated heterocycles. The van der Waals surface area contributed by atoms with Crippen LogP contribution in [0.2, 0.25) is 0 Å². The van der Waals surface area contributed by atoms with Crippen molar-refractivity contribution in [2.45, 2.75) is 19.2 Å². The molecule has 0 saturated carbocycles. The first-order chi connectivity index (χ1) is 9.27. The molecule has 1 unspecified atom stereocenters. The SMILES string of the molecule is CC(O)CNc1nc(C(F)(F)F)nc2ccc(Br)cc12. The van der Waals surface area contributed by atoms with Crippen molar-refractivity contribution in [1.82, 2.24) is 9.97 Å². The number of halogens is 4. The molecule has 1 atom stereocenters. The lowest BCUT2D eigenvalue weighted by Gasteiger charge is -2.13. The predicted molar refractivity (Wildman–Crippen MR) is 72.4 cm³/mol. The second-order valence-electron chi connectivity index (χ2n) is 4.28. The Morgan fingerprint density at radius 1 is 1.35 bits per heavy atom. The summed E-state index contributed by atoms with van der Waals surface area (Å²) >= 11 is 3.25. The van der Waals surface area contributed by atoms with E-state index in [-0.39, 0.29) is 17.9 Å². The standard InChI is InChI=1S/C12H11BrF3N3O/c1-6(20)5-17-10-8-4-7(13)2-3-9(8)18-11(19-10)12(14,15)16/h2-4,6,20H,5H2,1H3,(H,17,18,19). The van der Waals surface area contributed by atoms with Crippen LogP contribution in [0.15, 0.2) is 22.7 Å². The number of aliphatic hydroxyl groups excluding tert-OH is 1. The van der Waals surface area contributed by atoms with Gasteiger partial charge in [0.2, 0.25) is 5.82 Å². The van der Waals surface area contributed by atoms with Crippen LogP contribution in [0.3, 0.4) is 0 Å². The van der Waals surface area contributed by atoms with Gasteiger partial charge < -0.3 is 10.4 Å². The summed E-state index contributed by atoms with van der Waals surface area (Å²) in [7, 11) is 0. The van der Waals surface area contributed by atoms with Crippen LogP contribution in [-0.2, 0) is 6.18 Å². The Morgan fingerprint density at radius 3 is 2.65 bits per heavy atom. The van der Waals surface area contributed by atoms with Crippen LogP contribution >= 0.6 is 15.9 Å². The van der Waals surface area contributed by atoms with Gasteiger partial charge in [-0.3, -0.25) is 0 Å². The van der Waals surface area contributed by atoms with E-state index in [1.54, 1.807) is 12.1 Å². The molecule has 1 aromatic heterocycles. The summed E-state index contributed by atoms with van der Waals surface area (Å²) < 4.78 is 39.0. The molecule has 2 aromatic rings. The molecule has 0 aliphatic carbocycles. The molecule has 2 rings (SSSR count). The molecule has 4 nitrogen and oxygen atoms in total. The summed E-state index contributed by atoms with van der Waals surface area (Å²) in [6, 6.07) is 4.71. The van der Waals surface area contributed by atoms with Gasteiger partial charge in [-0.25, -0.2) is 9.97 Å². The maximum Gasteiger partial charge on any atom is 0.451 e. The number of aliphatic hydroxyl groups is 1. The minimum absolute atomic E-state index is 0.0459. The van der Waals surface area contributed by atoms with Crippen molar-refractivity contribution in [2.75, 3.05) is 11.9 Å². The first kappa shape index (κ1) is 15.0. The molecule has 0 radical (unpaired) electrons. The van der Waals surface area contributed by atoms with Crippen LogP contribution in [0.1, 0.15) is 12.7 Å². The monoisotopic (exact) mass is 349 g/mol. The lowest BCUT2D eigenvalue weighted by atomic mass is 10.2. The van der Waals surface area contributed by atoms with Crippen molar-refractivity contribution in [1.29, 1.82) is 0 Å². The minimum atomic E-state index is -4.62. The van der Waals surface area contributed by atoms with E-state index in [0.717, 1.165) is 0 Å². The zero-order valence-corrected chi connectivity index (χ0v) is 12.0. The molecular weight excluding hydrogens is 339 g/mol. The van der Waals surface area contributed by atoms with Crippen LogP contribution in [-0.4, -0.2) is 27.7 Å². The summed E-state index contributed by atoms with van der Waals surface area (Å²) in [4.78, 5) is 7.02. The van der Waals surface area contributed by atoms with Crippen molar-refractivity contribution < 1.29 is 18.3 Å². The van der Waals surface area contributed by atoms with Gasteiger partial charge in [-0.1, -0.05) is 15.9 Å². The summed E-state index contributed by atoms with van der Waals surface area (Å²) in [6.07, 6.45) is -5.33. The van der Waals surface area contributed by atoms with Crippen molar-refractivity contribution in [3.05, 3.63) is 28.5 Å². The van der Waals surface area contributed by atoms with Crippen molar-refractivity contribution >= 4 is 32.7 Å². The Bertz CT molecular complexity index is 631. The molecule has 1 heterocycles. The summed E-state index contributed by atoms with van der Waals surface area (Å²) in [5.41, 5.74) is 0.184. The number of hydrogen-bond acceptors (Lipinski definition) is 4. The van der Waals surface area contributed by atoms with E-state index >= 15 is 0 Å². The summed E-state index contributed by atoms with van der Waals surface area (Å²) in [6.45, 7) is 1.62. The number of fused-ring (bicyclic) bond motifs is 1. The fourth-order valence-corrected chi connectivity index (χ4v) is 1.97. The molecular formula is C12H11BrF3N3O. The Kier molecular flexibility index (Phi) is 4.14. The highest BCUT2D eigenvalue weighted by atomic mass is 79.9. The topological polar surface area (TPSA) is 58.0 Å². The second kappa shape index (κ2) is 5.53. The van der Waals surface area contributed by atoms with Gasteiger partial charge in [-0.2, -0.15) is 13.2 Å². The van der Waals surface area contributed by atoms with Crippen LogP contribution in [0.4, 0.5) is 19.0 Å². The number of rotatable bonds is 3. The number of nitrogens with zero attached hydrogens (tertiary/aromatic N) is 2. The Morgan fingerprint density at radius 2 is 2.05 bits per heavy atom. The number of alkyl halides is 3. The molecule has 108 valence electrons. The molecule has 0 spiro atoms. The molecule has 20 heavy (non-hydrogen) atoms. The predicted octanol–water partition coefficient (Wildman–Crippen LogP) is 3.20. The molecule has 2 N–H and O–H groups in total. The van der Waals surface area contributed by atoms with Gasteiger partial charge >= 0.3 is 6.18 Å². The quantitative estimate of drug-likeness (QED) is 0.893. The average Bonchev–Trinajstić information content (AvgIpc) is 2.34. The third-order valence-corrected chi connectivity index (χ3v) is 2.97. The zero-order chi connectivity index (χ0) is 14.9. The molecule has 0 fully saturated rings. The number of hydrogen-bond donors (Lipinski definition) is 2. The molecule has 0 aliphatic heterocycles. The van der Waals surface area contributed by atoms with Gasteiger partial charge in [0.15, 0.2) is 0 Å². The second-order valence-corrected chi connectivity index (χ2v) is 5.20.